The van der Waals surface area contributed by atoms with Crippen LogP contribution in [0.15, 0.2) is 0 Å². The summed E-state index contributed by atoms with van der Waals surface area (Å²) in [6, 6.07) is 0.975. The lowest BCUT2D eigenvalue weighted by molar-refractivity contribution is 0.117. The molecule has 3 nitrogen and oxygen atoms in total. The maximum Gasteiger partial charge on any atom is 0.0113 e. The Morgan fingerprint density at radius 1 is 1.00 bits per heavy atom. The van der Waals surface area contributed by atoms with E-state index in [1.54, 1.807) is 0 Å². The normalized spacial score (nSPS) is 30.4. The van der Waals surface area contributed by atoms with Crippen molar-refractivity contribution in [3.63, 3.8) is 0 Å². The minimum Gasteiger partial charge on any atom is -0.316 e. The Kier molecular flexibility index (Phi) is 2.95. The molecule has 1 saturated carbocycles. The third kappa shape index (κ3) is 2.52. The summed E-state index contributed by atoms with van der Waals surface area (Å²) in [5.74, 6) is 0.978. The Bertz CT molecular complexity index is 203. The van der Waals surface area contributed by atoms with Crippen molar-refractivity contribution >= 4 is 0 Å². The van der Waals surface area contributed by atoms with Crippen LogP contribution in [0.5, 0.6) is 0 Å². The Hall–Kier alpha value is -0.120. The molecule has 0 atom stereocenters. The van der Waals surface area contributed by atoms with Gasteiger partial charge in [-0.15, -0.1) is 0 Å². The monoisotopic (exact) mass is 209 g/mol. The fourth-order valence-corrected chi connectivity index (χ4v) is 2.71. The van der Waals surface area contributed by atoms with E-state index in [2.05, 4.69) is 15.1 Å². The van der Waals surface area contributed by atoms with E-state index in [-0.39, 0.29) is 0 Å². The molecule has 86 valence electrons. The van der Waals surface area contributed by atoms with Crippen LogP contribution in [0.1, 0.15) is 19.3 Å². The van der Waals surface area contributed by atoms with Crippen molar-refractivity contribution in [2.24, 2.45) is 5.92 Å². The molecule has 0 bridgehead atoms. The maximum absolute atomic E-state index is 3.35. The van der Waals surface area contributed by atoms with Crippen LogP contribution in [0, 0.1) is 5.92 Å². The van der Waals surface area contributed by atoms with Crippen molar-refractivity contribution in [2.75, 3.05) is 45.8 Å². The van der Waals surface area contributed by atoms with Crippen LogP contribution >= 0.6 is 0 Å². The van der Waals surface area contributed by atoms with Gasteiger partial charge in [-0.25, -0.2) is 0 Å². The number of nitrogens with zero attached hydrogens (tertiary/aromatic N) is 2. The molecular formula is C12H23N3. The van der Waals surface area contributed by atoms with E-state index in [0.717, 1.165) is 12.0 Å². The van der Waals surface area contributed by atoms with Gasteiger partial charge < -0.3 is 10.2 Å². The molecule has 1 N–H and O–H groups in total. The molecule has 2 aliphatic heterocycles. The van der Waals surface area contributed by atoms with Gasteiger partial charge in [0.1, 0.15) is 0 Å². The molecule has 0 aromatic heterocycles. The molecule has 3 fully saturated rings. The number of rotatable bonds is 4. The van der Waals surface area contributed by atoms with Gasteiger partial charge >= 0.3 is 0 Å². The van der Waals surface area contributed by atoms with Gasteiger partial charge in [-0.2, -0.15) is 0 Å². The summed E-state index contributed by atoms with van der Waals surface area (Å²) in [7, 11) is 0. The minimum atomic E-state index is 0.975. The van der Waals surface area contributed by atoms with Crippen LogP contribution in [-0.2, 0) is 0 Å². The second-order valence-electron chi connectivity index (χ2n) is 5.42. The highest BCUT2D eigenvalue weighted by Crippen LogP contribution is 2.27. The molecule has 0 spiro atoms. The molecule has 0 aromatic rings. The second-order valence-corrected chi connectivity index (χ2v) is 5.42. The molecule has 0 radical (unpaired) electrons. The number of nitrogens with one attached hydrogen (secondary N) is 1. The summed E-state index contributed by atoms with van der Waals surface area (Å²) in [5.41, 5.74) is 0. The third-order valence-electron chi connectivity index (χ3n) is 4.19. The smallest absolute Gasteiger partial charge is 0.0113 e. The quantitative estimate of drug-likeness (QED) is 0.722. The van der Waals surface area contributed by atoms with Gasteiger partial charge in [0.2, 0.25) is 0 Å². The van der Waals surface area contributed by atoms with E-state index in [1.165, 1.54) is 65.1 Å². The van der Waals surface area contributed by atoms with E-state index in [1.807, 2.05) is 0 Å². The van der Waals surface area contributed by atoms with Crippen LogP contribution in [0.25, 0.3) is 0 Å². The lowest BCUT2D eigenvalue weighted by atomic mass is 9.99. The number of hydrogen-bond acceptors (Lipinski definition) is 3. The molecule has 15 heavy (non-hydrogen) atoms. The predicted octanol–water partition coefficient (Wildman–Crippen LogP) is 0.376. The topological polar surface area (TPSA) is 18.5 Å². The van der Waals surface area contributed by atoms with Crippen LogP contribution in [-0.4, -0.2) is 61.7 Å². The first-order chi connectivity index (χ1) is 7.42. The highest BCUT2D eigenvalue weighted by molar-refractivity contribution is 4.87. The van der Waals surface area contributed by atoms with Crippen molar-refractivity contribution in [1.29, 1.82) is 0 Å². The zero-order valence-corrected chi connectivity index (χ0v) is 9.62. The summed E-state index contributed by atoms with van der Waals surface area (Å²) in [6.45, 7) is 9.16. The summed E-state index contributed by atoms with van der Waals surface area (Å²) < 4.78 is 0. The van der Waals surface area contributed by atoms with Crippen molar-refractivity contribution in [2.45, 2.75) is 25.3 Å². The molecule has 2 heterocycles. The molecule has 3 heteroatoms. The number of hydrogen-bond donors (Lipinski definition) is 1. The zero-order chi connectivity index (χ0) is 10.1. The van der Waals surface area contributed by atoms with Crippen LogP contribution in [0.3, 0.4) is 0 Å². The fraction of sp³-hybridized carbons (Fsp3) is 1.00. The van der Waals surface area contributed by atoms with Gasteiger partial charge in [0.25, 0.3) is 0 Å². The van der Waals surface area contributed by atoms with E-state index in [4.69, 9.17) is 0 Å². The highest BCUT2D eigenvalue weighted by Gasteiger charge is 2.31. The lowest BCUT2D eigenvalue weighted by Crippen LogP contribution is -2.49. The van der Waals surface area contributed by atoms with Crippen LogP contribution in [0.2, 0.25) is 0 Å². The van der Waals surface area contributed by atoms with Crippen molar-refractivity contribution in [3.05, 3.63) is 0 Å². The Morgan fingerprint density at radius 3 is 2.27 bits per heavy atom. The number of piperazine rings is 1. The van der Waals surface area contributed by atoms with Crippen LogP contribution < -0.4 is 5.32 Å². The first-order valence-electron chi connectivity index (χ1n) is 6.59. The lowest BCUT2D eigenvalue weighted by Gasteiger charge is -2.36. The van der Waals surface area contributed by atoms with E-state index in [0.29, 0.717) is 0 Å². The average Bonchev–Trinajstić information content (AvgIpc) is 3.00. The Balaban J connectivity index is 1.33. The molecule has 0 aromatic carbocycles. The predicted molar refractivity (Wildman–Crippen MR) is 62.0 cm³/mol. The maximum atomic E-state index is 3.35. The summed E-state index contributed by atoms with van der Waals surface area (Å²) >= 11 is 0. The van der Waals surface area contributed by atoms with E-state index >= 15 is 0 Å². The zero-order valence-electron chi connectivity index (χ0n) is 9.62. The van der Waals surface area contributed by atoms with Crippen LogP contribution in [0.4, 0.5) is 0 Å². The summed E-state index contributed by atoms with van der Waals surface area (Å²) in [5, 5.41) is 3.35. The molecule has 3 rings (SSSR count). The fourth-order valence-electron chi connectivity index (χ4n) is 2.71. The molecule has 0 unspecified atom stereocenters. The largest absolute Gasteiger partial charge is 0.316 e. The molecule has 0 amide bonds. The van der Waals surface area contributed by atoms with E-state index < -0.39 is 0 Å². The van der Waals surface area contributed by atoms with Crippen molar-refractivity contribution in [3.8, 4) is 0 Å². The Morgan fingerprint density at radius 2 is 1.73 bits per heavy atom. The van der Waals surface area contributed by atoms with Gasteiger partial charge in [0, 0.05) is 32.2 Å². The van der Waals surface area contributed by atoms with Crippen molar-refractivity contribution in [1.82, 2.24) is 15.1 Å². The van der Waals surface area contributed by atoms with Gasteiger partial charge in [-0.05, 0) is 44.8 Å². The van der Waals surface area contributed by atoms with E-state index in [9.17, 15) is 0 Å². The summed E-state index contributed by atoms with van der Waals surface area (Å²) in [6.07, 6.45) is 4.35. The van der Waals surface area contributed by atoms with Gasteiger partial charge in [0.15, 0.2) is 0 Å². The average molecular weight is 209 g/mol. The minimum absolute atomic E-state index is 0.975. The standard InChI is InChI=1S/C12H23N3/c1-2-12(1)15-7-5-14(6-8-15)4-3-11-9-13-10-11/h11-13H,1-10H2. The van der Waals surface area contributed by atoms with Gasteiger partial charge in [0.05, 0.1) is 0 Å². The third-order valence-corrected chi connectivity index (χ3v) is 4.19. The Labute approximate surface area is 92.8 Å². The molecule has 2 saturated heterocycles. The molecule has 1 aliphatic carbocycles. The van der Waals surface area contributed by atoms with Crippen molar-refractivity contribution < 1.29 is 0 Å². The molecular weight excluding hydrogens is 186 g/mol. The highest BCUT2D eigenvalue weighted by atomic mass is 15.3. The molecule has 3 aliphatic rings. The summed E-state index contributed by atoms with van der Waals surface area (Å²) in [4.78, 5) is 5.36. The first-order valence-corrected chi connectivity index (χ1v) is 6.59. The SMILES string of the molecule is C(CN1CCN(C2CC2)CC1)C1CNC1. The van der Waals surface area contributed by atoms with Gasteiger partial charge in [-0.3, -0.25) is 4.90 Å². The first kappa shape index (κ1) is 10.1. The second kappa shape index (κ2) is 4.40. The van der Waals surface area contributed by atoms with Gasteiger partial charge in [-0.1, -0.05) is 0 Å².